The molecule has 0 bridgehead atoms. The van der Waals surface area contributed by atoms with Crippen LogP contribution in [0.1, 0.15) is 10.5 Å². The summed E-state index contributed by atoms with van der Waals surface area (Å²) in [5.74, 6) is 0.197. The average molecular weight is 414 g/mol. The molecule has 0 aliphatic rings. The number of amides is 2. The fourth-order valence-electron chi connectivity index (χ4n) is 2.76. The Morgan fingerprint density at radius 1 is 0.871 bits per heavy atom. The molecule has 0 radical (unpaired) electrons. The number of hydrogen-bond acceptors (Lipinski definition) is 6. The molecule has 0 fully saturated rings. The van der Waals surface area contributed by atoms with E-state index in [0.29, 0.717) is 22.9 Å². The maximum atomic E-state index is 12.5. The van der Waals surface area contributed by atoms with E-state index in [-0.39, 0.29) is 18.2 Å². The van der Waals surface area contributed by atoms with Crippen molar-refractivity contribution in [2.75, 3.05) is 17.2 Å². The van der Waals surface area contributed by atoms with Gasteiger partial charge in [0.2, 0.25) is 0 Å². The number of benzene rings is 2. The maximum absolute atomic E-state index is 12.5. The van der Waals surface area contributed by atoms with Crippen LogP contribution in [0, 0.1) is 0 Å². The summed E-state index contributed by atoms with van der Waals surface area (Å²) in [6, 6.07) is 20.9. The van der Waals surface area contributed by atoms with Gasteiger partial charge in [-0.2, -0.15) is 0 Å². The predicted octanol–water partition coefficient (Wildman–Crippen LogP) is 4.01. The summed E-state index contributed by atoms with van der Waals surface area (Å²) in [7, 11) is 0. The number of pyridine rings is 1. The van der Waals surface area contributed by atoms with E-state index in [1.165, 1.54) is 0 Å². The number of anilines is 2. The summed E-state index contributed by atoms with van der Waals surface area (Å²) < 4.78 is 10.8. The van der Waals surface area contributed by atoms with Crippen LogP contribution in [-0.4, -0.2) is 28.6 Å². The Morgan fingerprint density at radius 3 is 2.45 bits per heavy atom. The van der Waals surface area contributed by atoms with Crippen LogP contribution in [-0.2, 0) is 4.79 Å². The van der Waals surface area contributed by atoms with Crippen molar-refractivity contribution in [1.29, 1.82) is 0 Å². The molecule has 0 atom stereocenters. The molecule has 2 N–H and O–H groups in total. The third-order valence-electron chi connectivity index (χ3n) is 4.23. The number of carbonyl (C=O) groups excluding carboxylic acids is 2. The molecule has 0 aliphatic heterocycles. The van der Waals surface area contributed by atoms with Crippen LogP contribution in [0.3, 0.4) is 0 Å². The summed E-state index contributed by atoms with van der Waals surface area (Å²) >= 11 is 0. The van der Waals surface area contributed by atoms with Gasteiger partial charge in [0.1, 0.15) is 5.75 Å². The Labute approximate surface area is 177 Å². The van der Waals surface area contributed by atoms with E-state index >= 15 is 0 Å². The molecule has 8 heteroatoms. The Bertz CT molecular complexity index is 1180. The second kappa shape index (κ2) is 9.36. The minimum atomic E-state index is -0.428. The summed E-state index contributed by atoms with van der Waals surface area (Å²) in [4.78, 5) is 28.5. The van der Waals surface area contributed by atoms with Crippen LogP contribution in [0.2, 0.25) is 0 Å². The number of nitrogens with zero attached hydrogens (tertiary/aromatic N) is 2. The highest BCUT2D eigenvalue weighted by atomic mass is 16.5. The van der Waals surface area contributed by atoms with Gasteiger partial charge >= 0.3 is 0 Å². The van der Waals surface area contributed by atoms with Gasteiger partial charge in [0.25, 0.3) is 11.8 Å². The van der Waals surface area contributed by atoms with Crippen molar-refractivity contribution in [3.63, 3.8) is 0 Å². The zero-order valence-corrected chi connectivity index (χ0v) is 16.3. The minimum absolute atomic E-state index is 0.139. The van der Waals surface area contributed by atoms with Gasteiger partial charge in [-0.25, -0.2) is 0 Å². The lowest BCUT2D eigenvalue weighted by atomic mass is 10.2. The Morgan fingerprint density at radius 2 is 1.65 bits per heavy atom. The van der Waals surface area contributed by atoms with Crippen LogP contribution in [0.15, 0.2) is 89.7 Å². The molecule has 0 saturated carbocycles. The van der Waals surface area contributed by atoms with Gasteiger partial charge in [0, 0.05) is 41.5 Å². The third-order valence-corrected chi connectivity index (χ3v) is 4.23. The first-order valence-corrected chi connectivity index (χ1v) is 9.43. The zero-order valence-electron chi connectivity index (χ0n) is 16.3. The summed E-state index contributed by atoms with van der Waals surface area (Å²) in [5.41, 5.74) is 2.10. The van der Waals surface area contributed by atoms with Crippen molar-refractivity contribution >= 4 is 23.2 Å². The van der Waals surface area contributed by atoms with E-state index in [2.05, 4.69) is 20.8 Å². The second-order valence-electron chi connectivity index (χ2n) is 6.50. The second-order valence-corrected chi connectivity index (χ2v) is 6.50. The van der Waals surface area contributed by atoms with Crippen LogP contribution in [0.25, 0.3) is 11.3 Å². The first-order valence-electron chi connectivity index (χ1n) is 9.43. The number of hydrogen-bond donors (Lipinski definition) is 2. The lowest BCUT2D eigenvalue weighted by molar-refractivity contribution is -0.118. The quantitative estimate of drug-likeness (QED) is 0.473. The third kappa shape index (κ3) is 5.33. The number of ether oxygens (including phenoxy) is 1. The van der Waals surface area contributed by atoms with Crippen LogP contribution in [0.5, 0.6) is 5.75 Å². The number of para-hydroxylation sites is 1. The van der Waals surface area contributed by atoms with E-state index in [0.717, 1.165) is 5.56 Å². The van der Waals surface area contributed by atoms with E-state index < -0.39 is 5.91 Å². The lowest BCUT2D eigenvalue weighted by Gasteiger charge is -2.09. The topological polar surface area (TPSA) is 106 Å². The van der Waals surface area contributed by atoms with Gasteiger partial charge in [0.05, 0.1) is 0 Å². The lowest BCUT2D eigenvalue weighted by Crippen LogP contribution is -2.20. The molecular formula is C23H18N4O4. The van der Waals surface area contributed by atoms with E-state index in [9.17, 15) is 9.59 Å². The highest BCUT2D eigenvalue weighted by molar-refractivity contribution is 6.03. The first-order chi connectivity index (χ1) is 15.2. The molecule has 4 aromatic rings. The van der Waals surface area contributed by atoms with Crippen LogP contribution >= 0.6 is 0 Å². The standard InChI is InChI=1S/C23H18N4O4/c28-22(25-17-5-2-1-3-6-17)15-30-19-8-4-7-18(13-19)26-23(29)20-14-21(31-27-20)16-9-11-24-12-10-16/h1-14H,15H2,(H,25,28)(H,26,29). The molecule has 0 spiro atoms. The molecule has 8 nitrogen and oxygen atoms in total. The summed E-state index contributed by atoms with van der Waals surface area (Å²) in [6.45, 7) is -0.162. The smallest absolute Gasteiger partial charge is 0.277 e. The number of rotatable bonds is 7. The van der Waals surface area contributed by atoms with Gasteiger partial charge < -0.3 is 19.9 Å². The Hall–Kier alpha value is -4.46. The highest BCUT2D eigenvalue weighted by Gasteiger charge is 2.14. The molecular weight excluding hydrogens is 396 g/mol. The predicted molar refractivity (Wildman–Crippen MR) is 115 cm³/mol. The molecule has 0 unspecified atom stereocenters. The summed E-state index contributed by atoms with van der Waals surface area (Å²) in [5, 5.41) is 9.30. The number of aromatic nitrogens is 2. The van der Waals surface area contributed by atoms with E-state index in [1.54, 1.807) is 67.0 Å². The van der Waals surface area contributed by atoms with Gasteiger partial charge in [-0.05, 0) is 36.4 Å². The monoisotopic (exact) mass is 414 g/mol. The Balaban J connectivity index is 1.34. The average Bonchev–Trinajstić information content (AvgIpc) is 3.30. The molecule has 2 aromatic carbocycles. The van der Waals surface area contributed by atoms with Crippen molar-refractivity contribution in [2.24, 2.45) is 0 Å². The zero-order chi connectivity index (χ0) is 21.5. The van der Waals surface area contributed by atoms with Crippen LogP contribution < -0.4 is 15.4 Å². The van der Waals surface area contributed by atoms with Gasteiger partial charge in [-0.1, -0.05) is 29.4 Å². The van der Waals surface area contributed by atoms with Crippen molar-refractivity contribution in [3.05, 3.63) is 90.9 Å². The molecule has 2 amide bonds. The first kappa shape index (κ1) is 19.8. The number of carbonyl (C=O) groups is 2. The Kier molecular flexibility index (Phi) is 5.99. The SMILES string of the molecule is O=C(COc1cccc(NC(=O)c2cc(-c3ccncc3)on2)c1)Nc1ccccc1. The molecule has 2 aromatic heterocycles. The minimum Gasteiger partial charge on any atom is -0.484 e. The van der Waals surface area contributed by atoms with Crippen molar-refractivity contribution in [2.45, 2.75) is 0 Å². The molecule has 31 heavy (non-hydrogen) atoms. The van der Waals surface area contributed by atoms with E-state index in [1.807, 2.05) is 18.2 Å². The number of nitrogens with one attached hydrogen (secondary N) is 2. The van der Waals surface area contributed by atoms with Gasteiger partial charge in [0.15, 0.2) is 18.1 Å². The van der Waals surface area contributed by atoms with Crippen molar-refractivity contribution in [1.82, 2.24) is 10.1 Å². The van der Waals surface area contributed by atoms with Gasteiger partial charge in [-0.15, -0.1) is 0 Å². The van der Waals surface area contributed by atoms with Crippen molar-refractivity contribution < 1.29 is 18.8 Å². The summed E-state index contributed by atoms with van der Waals surface area (Å²) in [6.07, 6.45) is 3.26. The van der Waals surface area contributed by atoms with E-state index in [4.69, 9.17) is 9.26 Å². The van der Waals surface area contributed by atoms with Crippen molar-refractivity contribution in [3.8, 4) is 17.1 Å². The normalized spacial score (nSPS) is 10.3. The maximum Gasteiger partial charge on any atom is 0.277 e. The van der Waals surface area contributed by atoms with Gasteiger partial charge in [-0.3, -0.25) is 14.6 Å². The largest absolute Gasteiger partial charge is 0.484 e. The molecule has 4 rings (SSSR count). The molecule has 0 saturated heterocycles. The molecule has 0 aliphatic carbocycles. The fourth-order valence-corrected chi connectivity index (χ4v) is 2.76. The highest BCUT2D eigenvalue weighted by Crippen LogP contribution is 2.21. The fraction of sp³-hybridized carbons (Fsp3) is 0.0435. The molecule has 154 valence electrons. The van der Waals surface area contributed by atoms with Crippen LogP contribution in [0.4, 0.5) is 11.4 Å². The molecule has 2 heterocycles.